The van der Waals surface area contributed by atoms with Gasteiger partial charge in [0.15, 0.2) is 0 Å². The van der Waals surface area contributed by atoms with Crippen molar-refractivity contribution in [1.82, 2.24) is 0 Å². The average Bonchev–Trinajstić information content (AvgIpc) is 3.05. The molecule has 0 radical (unpaired) electrons. The van der Waals surface area contributed by atoms with Gasteiger partial charge >= 0.3 is 0 Å². The van der Waals surface area contributed by atoms with Crippen molar-refractivity contribution in [3.63, 3.8) is 0 Å². The van der Waals surface area contributed by atoms with Gasteiger partial charge in [-0.3, -0.25) is 4.79 Å². The highest BCUT2D eigenvalue weighted by Crippen LogP contribution is 2.65. The first-order chi connectivity index (χ1) is 8.23. The SMILES string of the molecule is COc1ccc(NC(=O)[C@H]2CC23CCC3)cc1. The fraction of sp³-hybridized carbons (Fsp3) is 0.500. The number of nitrogens with one attached hydrogen (secondary N) is 1. The first-order valence-electron chi connectivity index (χ1n) is 6.18. The van der Waals surface area contributed by atoms with E-state index in [1.54, 1.807) is 7.11 Å². The largest absolute Gasteiger partial charge is 0.497 e. The van der Waals surface area contributed by atoms with Crippen LogP contribution < -0.4 is 10.1 Å². The normalized spacial score (nSPS) is 23.9. The van der Waals surface area contributed by atoms with Crippen molar-refractivity contribution in [3.8, 4) is 5.75 Å². The maximum absolute atomic E-state index is 12.0. The second-order valence-corrected chi connectivity index (χ2v) is 5.19. The molecule has 0 saturated heterocycles. The number of hydrogen-bond donors (Lipinski definition) is 1. The van der Waals surface area contributed by atoms with Gasteiger partial charge in [-0.1, -0.05) is 6.42 Å². The molecule has 1 spiro atoms. The fourth-order valence-electron chi connectivity index (χ4n) is 2.81. The summed E-state index contributed by atoms with van der Waals surface area (Å²) in [6.07, 6.45) is 4.88. The van der Waals surface area contributed by atoms with Crippen molar-refractivity contribution < 1.29 is 9.53 Å². The van der Waals surface area contributed by atoms with E-state index in [9.17, 15) is 4.79 Å². The zero-order valence-corrected chi connectivity index (χ0v) is 10.0. The van der Waals surface area contributed by atoms with Gasteiger partial charge in [0.2, 0.25) is 5.91 Å². The van der Waals surface area contributed by atoms with Gasteiger partial charge in [-0.05, 0) is 48.9 Å². The Morgan fingerprint density at radius 3 is 2.53 bits per heavy atom. The van der Waals surface area contributed by atoms with Crippen LogP contribution in [0, 0.1) is 11.3 Å². The van der Waals surface area contributed by atoms with Crippen LogP contribution in [0.2, 0.25) is 0 Å². The molecule has 0 aliphatic heterocycles. The van der Waals surface area contributed by atoms with Gasteiger partial charge < -0.3 is 10.1 Å². The molecule has 1 aromatic carbocycles. The lowest BCUT2D eigenvalue weighted by molar-refractivity contribution is -0.118. The molecule has 0 heterocycles. The maximum Gasteiger partial charge on any atom is 0.228 e. The summed E-state index contributed by atoms with van der Waals surface area (Å²) >= 11 is 0. The molecule has 17 heavy (non-hydrogen) atoms. The lowest BCUT2D eigenvalue weighted by Gasteiger charge is -2.26. The number of hydrogen-bond acceptors (Lipinski definition) is 2. The van der Waals surface area contributed by atoms with Crippen LogP contribution in [0.15, 0.2) is 24.3 Å². The summed E-state index contributed by atoms with van der Waals surface area (Å²) in [6.45, 7) is 0. The summed E-state index contributed by atoms with van der Waals surface area (Å²) < 4.78 is 5.08. The summed E-state index contributed by atoms with van der Waals surface area (Å²) in [5.41, 5.74) is 1.26. The van der Waals surface area contributed by atoms with E-state index in [0.29, 0.717) is 5.41 Å². The van der Waals surface area contributed by atoms with E-state index >= 15 is 0 Å². The van der Waals surface area contributed by atoms with Gasteiger partial charge in [0.25, 0.3) is 0 Å². The van der Waals surface area contributed by atoms with Crippen LogP contribution in [0.3, 0.4) is 0 Å². The quantitative estimate of drug-likeness (QED) is 0.868. The third-order valence-corrected chi connectivity index (χ3v) is 4.21. The standard InChI is InChI=1S/C14H17NO2/c1-17-11-5-3-10(4-6-11)15-13(16)12-9-14(12)7-2-8-14/h3-6,12H,2,7-9H2,1H3,(H,15,16)/t12-/m1/s1. The number of carbonyl (C=O) groups excluding carboxylic acids is 1. The Labute approximate surface area is 101 Å². The minimum absolute atomic E-state index is 0.190. The Kier molecular flexibility index (Phi) is 2.35. The van der Waals surface area contributed by atoms with Crippen molar-refractivity contribution in [1.29, 1.82) is 0 Å². The van der Waals surface area contributed by atoms with Crippen molar-refractivity contribution in [2.24, 2.45) is 11.3 Å². The van der Waals surface area contributed by atoms with Crippen LogP contribution in [-0.4, -0.2) is 13.0 Å². The van der Waals surface area contributed by atoms with Crippen LogP contribution in [-0.2, 0) is 4.79 Å². The van der Waals surface area contributed by atoms with E-state index < -0.39 is 0 Å². The van der Waals surface area contributed by atoms with E-state index in [0.717, 1.165) is 17.9 Å². The number of benzene rings is 1. The van der Waals surface area contributed by atoms with E-state index in [4.69, 9.17) is 4.74 Å². The summed E-state index contributed by atoms with van der Waals surface area (Å²) in [5.74, 6) is 1.26. The van der Waals surface area contributed by atoms with Crippen LogP contribution in [0.4, 0.5) is 5.69 Å². The predicted octanol–water partition coefficient (Wildman–Crippen LogP) is 2.82. The van der Waals surface area contributed by atoms with Crippen molar-refractivity contribution in [3.05, 3.63) is 24.3 Å². The second-order valence-electron chi connectivity index (χ2n) is 5.19. The Morgan fingerprint density at radius 2 is 2.06 bits per heavy atom. The highest BCUT2D eigenvalue weighted by Gasteiger charge is 2.60. The molecule has 3 rings (SSSR count). The van der Waals surface area contributed by atoms with Gasteiger partial charge in [0.1, 0.15) is 5.75 Å². The monoisotopic (exact) mass is 231 g/mol. The molecule has 1 atom stereocenters. The molecule has 2 aliphatic rings. The first kappa shape index (κ1) is 10.6. The summed E-state index contributed by atoms with van der Waals surface area (Å²) in [4.78, 5) is 12.0. The second kappa shape index (κ2) is 3.76. The van der Waals surface area contributed by atoms with Crippen molar-refractivity contribution >= 4 is 11.6 Å². The Hall–Kier alpha value is -1.51. The first-order valence-corrected chi connectivity index (χ1v) is 6.18. The molecule has 3 heteroatoms. The molecule has 0 aromatic heterocycles. The Bertz CT molecular complexity index is 434. The van der Waals surface area contributed by atoms with Crippen LogP contribution in [0.5, 0.6) is 5.75 Å². The number of anilines is 1. The summed E-state index contributed by atoms with van der Waals surface area (Å²) in [7, 11) is 1.64. The van der Waals surface area contributed by atoms with Crippen LogP contribution in [0.1, 0.15) is 25.7 Å². The van der Waals surface area contributed by atoms with Gasteiger partial charge in [-0.15, -0.1) is 0 Å². The summed E-state index contributed by atoms with van der Waals surface area (Å²) in [6, 6.07) is 7.49. The molecule has 1 N–H and O–H groups in total. The number of amides is 1. The molecule has 2 fully saturated rings. The minimum Gasteiger partial charge on any atom is -0.497 e. The highest BCUT2D eigenvalue weighted by molar-refractivity contribution is 5.95. The van der Waals surface area contributed by atoms with Crippen molar-refractivity contribution in [2.45, 2.75) is 25.7 Å². The van der Waals surface area contributed by atoms with Gasteiger partial charge in [-0.2, -0.15) is 0 Å². The maximum atomic E-state index is 12.0. The summed E-state index contributed by atoms with van der Waals surface area (Å²) in [5, 5.41) is 2.98. The highest BCUT2D eigenvalue weighted by atomic mass is 16.5. The van der Waals surface area contributed by atoms with Gasteiger partial charge in [0.05, 0.1) is 7.11 Å². The molecule has 3 nitrogen and oxygen atoms in total. The lowest BCUT2D eigenvalue weighted by atomic mass is 9.79. The number of carbonyl (C=O) groups is 1. The van der Waals surface area contributed by atoms with E-state index in [-0.39, 0.29) is 11.8 Å². The van der Waals surface area contributed by atoms with Crippen molar-refractivity contribution in [2.75, 3.05) is 12.4 Å². The number of methoxy groups -OCH3 is 1. The Morgan fingerprint density at radius 1 is 1.35 bits per heavy atom. The molecule has 2 aliphatic carbocycles. The van der Waals surface area contributed by atoms with Gasteiger partial charge in [0, 0.05) is 11.6 Å². The zero-order valence-electron chi connectivity index (χ0n) is 10.0. The minimum atomic E-state index is 0.190. The third kappa shape index (κ3) is 1.79. The fourth-order valence-corrected chi connectivity index (χ4v) is 2.81. The molecule has 90 valence electrons. The number of ether oxygens (including phenoxy) is 1. The van der Waals surface area contributed by atoms with Crippen LogP contribution in [0.25, 0.3) is 0 Å². The topological polar surface area (TPSA) is 38.3 Å². The number of rotatable bonds is 3. The van der Waals surface area contributed by atoms with E-state index in [1.165, 1.54) is 19.3 Å². The predicted molar refractivity (Wildman–Crippen MR) is 66.0 cm³/mol. The van der Waals surface area contributed by atoms with Crippen LogP contribution >= 0.6 is 0 Å². The molecule has 2 saturated carbocycles. The lowest BCUT2D eigenvalue weighted by Crippen LogP contribution is -2.23. The van der Waals surface area contributed by atoms with Gasteiger partial charge in [-0.25, -0.2) is 0 Å². The molecule has 0 bridgehead atoms. The smallest absolute Gasteiger partial charge is 0.228 e. The molecular weight excluding hydrogens is 214 g/mol. The van der Waals surface area contributed by atoms with E-state index in [1.807, 2.05) is 24.3 Å². The average molecular weight is 231 g/mol. The molecule has 1 aromatic rings. The Balaban J connectivity index is 1.61. The molecule has 0 unspecified atom stereocenters. The molecule has 1 amide bonds. The third-order valence-electron chi connectivity index (χ3n) is 4.21. The zero-order chi connectivity index (χ0) is 11.9. The molecular formula is C14H17NO2. The van der Waals surface area contributed by atoms with E-state index in [2.05, 4.69) is 5.32 Å².